The second kappa shape index (κ2) is 7.42. The van der Waals surface area contributed by atoms with Crippen LogP contribution in [0.25, 0.3) is 6.08 Å². The fourth-order valence-electron chi connectivity index (χ4n) is 2.57. The molecular formula is C19H14ClN3O2S2. The van der Waals surface area contributed by atoms with E-state index in [2.05, 4.69) is 4.99 Å². The van der Waals surface area contributed by atoms with Crippen molar-refractivity contribution in [2.45, 2.75) is 17.8 Å². The number of allylic oxidation sites excluding steroid dienone is 1. The molecule has 0 atom stereocenters. The molecule has 27 heavy (non-hydrogen) atoms. The molecule has 1 aromatic carbocycles. The molecule has 2 aromatic rings. The van der Waals surface area contributed by atoms with Crippen LogP contribution < -0.4 is 0 Å². The van der Waals surface area contributed by atoms with Crippen LogP contribution in [0.3, 0.4) is 0 Å². The third kappa shape index (κ3) is 3.90. The van der Waals surface area contributed by atoms with E-state index >= 15 is 0 Å². The Bertz CT molecular complexity index is 1020. The molecule has 5 nitrogen and oxygen atoms in total. The van der Waals surface area contributed by atoms with E-state index in [1.165, 1.54) is 11.8 Å². The van der Waals surface area contributed by atoms with Crippen molar-refractivity contribution in [2.75, 3.05) is 0 Å². The monoisotopic (exact) mass is 415 g/mol. The quantitative estimate of drug-likeness (QED) is 0.535. The van der Waals surface area contributed by atoms with Gasteiger partial charge in [0, 0.05) is 21.9 Å². The van der Waals surface area contributed by atoms with Crippen molar-refractivity contribution in [1.29, 1.82) is 5.41 Å². The molecule has 0 radical (unpaired) electrons. The van der Waals surface area contributed by atoms with Gasteiger partial charge in [-0.05, 0) is 42.8 Å². The SMILES string of the molecule is CC1=CN2C(=N)/C(=C/c3ccc(SCc4ccc(Cl)cc4)o3)C(=O)N=C2S1. The van der Waals surface area contributed by atoms with Gasteiger partial charge in [-0.1, -0.05) is 47.3 Å². The van der Waals surface area contributed by atoms with Crippen molar-refractivity contribution in [1.82, 2.24) is 4.90 Å². The fraction of sp³-hybridized carbons (Fsp3) is 0.105. The number of amidine groups is 2. The molecule has 4 rings (SSSR count). The van der Waals surface area contributed by atoms with Crippen molar-refractivity contribution >= 4 is 58.1 Å². The Morgan fingerprint density at radius 3 is 2.85 bits per heavy atom. The molecule has 8 heteroatoms. The highest BCUT2D eigenvalue weighted by Crippen LogP contribution is 2.33. The number of hydrogen-bond donors (Lipinski definition) is 1. The molecule has 136 valence electrons. The second-order valence-electron chi connectivity index (χ2n) is 5.89. The molecular weight excluding hydrogens is 402 g/mol. The highest BCUT2D eigenvalue weighted by molar-refractivity contribution is 8.17. The van der Waals surface area contributed by atoms with Crippen LogP contribution in [0.4, 0.5) is 0 Å². The van der Waals surface area contributed by atoms with Crippen molar-refractivity contribution in [3.05, 3.63) is 69.4 Å². The number of carbonyl (C=O) groups excluding carboxylic acids is 1. The lowest BCUT2D eigenvalue weighted by atomic mass is 10.1. The Balaban J connectivity index is 1.49. The highest BCUT2D eigenvalue weighted by Gasteiger charge is 2.33. The number of halogens is 1. The average molecular weight is 416 g/mol. The number of thioether (sulfide) groups is 2. The van der Waals surface area contributed by atoms with Gasteiger partial charge in [0.1, 0.15) is 11.6 Å². The molecule has 1 aromatic heterocycles. The van der Waals surface area contributed by atoms with Gasteiger partial charge in [-0.15, -0.1) is 0 Å². The number of hydrogen-bond acceptors (Lipinski definition) is 5. The largest absolute Gasteiger partial charge is 0.450 e. The molecule has 2 aliphatic heterocycles. The summed E-state index contributed by atoms with van der Waals surface area (Å²) in [6.07, 6.45) is 3.38. The number of nitrogens with zero attached hydrogens (tertiary/aromatic N) is 2. The van der Waals surface area contributed by atoms with Crippen molar-refractivity contribution < 1.29 is 9.21 Å². The van der Waals surface area contributed by atoms with Crippen LogP contribution >= 0.6 is 35.1 Å². The van der Waals surface area contributed by atoms with Gasteiger partial charge in [0.25, 0.3) is 5.91 Å². The maximum Gasteiger partial charge on any atom is 0.283 e. The van der Waals surface area contributed by atoms with E-state index in [1.807, 2.05) is 43.5 Å². The van der Waals surface area contributed by atoms with E-state index < -0.39 is 5.91 Å². The molecule has 0 unspecified atom stereocenters. The van der Waals surface area contributed by atoms with Gasteiger partial charge in [0.2, 0.25) is 0 Å². The minimum Gasteiger partial charge on any atom is -0.450 e. The van der Waals surface area contributed by atoms with Crippen molar-refractivity contribution in [3.63, 3.8) is 0 Å². The average Bonchev–Trinajstić information content (AvgIpc) is 3.24. The van der Waals surface area contributed by atoms with Gasteiger partial charge in [0.15, 0.2) is 10.3 Å². The predicted molar refractivity (Wildman–Crippen MR) is 111 cm³/mol. The second-order valence-corrected chi connectivity index (χ2v) is 8.52. The van der Waals surface area contributed by atoms with Crippen LogP contribution in [-0.2, 0) is 10.5 Å². The van der Waals surface area contributed by atoms with Gasteiger partial charge in [-0.2, -0.15) is 4.99 Å². The number of rotatable bonds is 4. The first-order valence-electron chi connectivity index (χ1n) is 8.06. The molecule has 0 fully saturated rings. The summed E-state index contributed by atoms with van der Waals surface area (Å²) in [5, 5.41) is 10.3. The third-order valence-electron chi connectivity index (χ3n) is 3.88. The highest BCUT2D eigenvalue weighted by atomic mass is 35.5. The van der Waals surface area contributed by atoms with E-state index in [4.69, 9.17) is 21.4 Å². The zero-order valence-corrected chi connectivity index (χ0v) is 16.6. The number of furan rings is 1. The van der Waals surface area contributed by atoms with E-state index in [0.717, 1.165) is 21.3 Å². The predicted octanol–water partition coefficient (Wildman–Crippen LogP) is 5.39. The topological polar surface area (TPSA) is 69.7 Å². The summed E-state index contributed by atoms with van der Waals surface area (Å²) in [5.74, 6) is 0.959. The molecule has 0 saturated carbocycles. The van der Waals surface area contributed by atoms with Crippen LogP contribution in [0, 0.1) is 5.41 Å². The van der Waals surface area contributed by atoms with Crippen LogP contribution in [0.15, 0.2) is 67.6 Å². The summed E-state index contributed by atoms with van der Waals surface area (Å²) in [5.41, 5.74) is 1.36. The summed E-state index contributed by atoms with van der Waals surface area (Å²) in [4.78, 5) is 19.0. The summed E-state index contributed by atoms with van der Waals surface area (Å²) >= 11 is 8.83. The molecule has 0 bridgehead atoms. The van der Waals surface area contributed by atoms with Gasteiger partial charge >= 0.3 is 0 Å². The standard InChI is InChI=1S/C19H14ClN3O2S2/c1-11-9-23-17(21)15(18(24)22-19(23)27-11)8-14-6-7-16(25-14)26-10-12-2-4-13(20)5-3-12/h2-9,21H,10H2,1H3/b15-8-,21-17?. The normalized spacial score (nSPS) is 18.0. The lowest BCUT2D eigenvalue weighted by Crippen LogP contribution is -2.35. The van der Waals surface area contributed by atoms with Crippen LogP contribution in [-0.4, -0.2) is 21.8 Å². The Hall–Kier alpha value is -2.22. The van der Waals surface area contributed by atoms with Gasteiger partial charge < -0.3 is 4.42 Å². The van der Waals surface area contributed by atoms with Crippen molar-refractivity contribution in [2.24, 2.45) is 4.99 Å². The third-order valence-corrected chi connectivity index (χ3v) is 6.01. The maximum absolute atomic E-state index is 12.3. The van der Waals surface area contributed by atoms with Gasteiger partial charge in [0.05, 0.1) is 5.57 Å². The van der Waals surface area contributed by atoms with Crippen LogP contribution in [0.1, 0.15) is 18.2 Å². The summed E-state index contributed by atoms with van der Waals surface area (Å²) in [7, 11) is 0. The Morgan fingerprint density at radius 2 is 2.07 bits per heavy atom. The molecule has 0 aliphatic carbocycles. The van der Waals surface area contributed by atoms with Gasteiger partial charge in [-0.3, -0.25) is 15.1 Å². The molecule has 1 amide bonds. The summed E-state index contributed by atoms with van der Waals surface area (Å²) < 4.78 is 5.78. The lowest BCUT2D eigenvalue weighted by Gasteiger charge is -2.21. The number of benzene rings is 1. The first kappa shape index (κ1) is 18.2. The number of carbonyl (C=O) groups is 1. The smallest absolute Gasteiger partial charge is 0.283 e. The van der Waals surface area contributed by atoms with E-state index in [0.29, 0.717) is 16.0 Å². The molecule has 3 heterocycles. The minimum absolute atomic E-state index is 0.112. The molecule has 0 spiro atoms. The Labute approximate surface area is 169 Å². The first-order chi connectivity index (χ1) is 13.0. The molecule has 0 saturated heterocycles. The maximum atomic E-state index is 12.3. The zero-order chi connectivity index (χ0) is 19.0. The molecule has 1 N–H and O–H groups in total. The molecule has 2 aliphatic rings. The van der Waals surface area contributed by atoms with Crippen molar-refractivity contribution in [3.8, 4) is 0 Å². The minimum atomic E-state index is -0.423. The van der Waals surface area contributed by atoms with Crippen LogP contribution in [0.2, 0.25) is 5.02 Å². The Morgan fingerprint density at radius 1 is 1.30 bits per heavy atom. The van der Waals surface area contributed by atoms with E-state index in [9.17, 15) is 4.79 Å². The van der Waals surface area contributed by atoms with E-state index in [1.54, 1.807) is 28.8 Å². The zero-order valence-electron chi connectivity index (χ0n) is 14.2. The number of aliphatic imine (C=N–C) groups is 1. The number of fused-ring (bicyclic) bond motifs is 1. The van der Waals surface area contributed by atoms with Gasteiger partial charge in [-0.25, -0.2) is 0 Å². The summed E-state index contributed by atoms with van der Waals surface area (Å²) in [6.45, 7) is 1.92. The first-order valence-corrected chi connectivity index (χ1v) is 10.2. The number of nitrogens with one attached hydrogen (secondary N) is 1. The summed E-state index contributed by atoms with van der Waals surface area (Å²) in [6, 6.07) is 11.3. The van der Waals surface area contributed by atoms with E-state index in [-0.39, 0.29) is 11.4 Å². The lowest BCUT2D eigenvalue weighted by molar-refractivity contribution is -0.114. The Kier molecular flexibility index (Phi) is 4.99. The van der Waals surface area contributed by atoms with Crippen LogP contribution in [0.5, 0.6) is 0 Å². The fourth-order valence-corrected chi connectivity index (χ4v) is 4.33. The number of amides is 1.